The highest BCUT2D eigenvalue weighted by Gasteiger charge is 2.19. The van der Waals surface area contributed by atoms with Gasteiger partial charge in [0, 0.05) is 18.2 Å². The fraction of sp³-hybridized carbons (Fsp3) is 0.417. The summed E-state index contributed by atoms with van der Waals surface area (Å²) in [5.41, 5.74) is 0.789. The number of carbonyl (C=O) groups excluding carboxylic acids is 1. The molecule has 1 aliphatic heterocycles. The van der Waals surface area contributed by atoms with Gasteiger partial charge in [-0.25, -0.2) is 0 Å². The van der Waals surface area contributed by atoms with Gasteiger partial charge in [-0.1, -0.05) is 6.07 Å². The van der Waals surface area contributed by atoms with E-state index in [1.807, 2.05) is 24.3 Å². The van der Waals surface area contributed by atoms with Gasteiger partial charge in [-0.05, 0) is 31.1 Å². The molecular weight excluding hydrogens is 204 g/mol. The molecule has 0 spiro atoms. The average molecular weight is 220 g/mol. The molecule has 0 saturated carbocycles. The Labute approximate surface area is 95.0 Å². The molecule has 0 unspecified atom stereocenters. The van der Waals surface area contributed by atoms with Gasteiger partial charge in [0.15, 0.2) is 0 Å². The van der Waals surface area contributed by atoms with Crippen molar-refractivity contribution in [2.75, 3.05) is 25.5 Å². The molecule has 0 aromatic heterocycles. The lowest BCUT2D eigenvalue weighted by molar-refractivity contribution is -0.117. The lowest BCUT2D eigenvalue weighted by Gasteiger charge is -2.26. The summed E-state index contributed by atoms with van der Waals surface area (Å²) in [5, 5.41) is 6.02. The SMILES string of the molecule is COc1cccc(NC(=O)CC2CNC2)c1. The molecule has 1 aliphatic rings. The van der Waals surface area contributed by atoms with Crippen molar-refractivity contribution in [3.63, 3.8) is 0 Å². The first-order chi connectivity index (χ1) is 7.78. The first kappa shape index (κ1) is 11.0. The summed E-state index contributed by atoms with van der Waals surface area (Å²) < 4.78 is 5.09. The second-order valence-electron chi connectivity index (χ2n) is 4.01. The van der Waals surface area contributed by atoms with Crippen LogP contribution in [0.4, 0.5) is 5.69 Å². The van der Waals surface area contributed by atoms with E-state index in [1.165, 1.54) is 0 Å². The zero-order chi connectivity index (χ0) is 11.4. The second kappa shape index (κ2) is 4.99. The van der Waals surface area contributed by atoms with Crippen LogP contribution in [0.1, 0.15) is 6.42 Å². The number of ether oxygens (including phenoxy) is 1. The van der Waals surface area contributed by atoms with Crippen LogP contribution in [0.3, 0.4) is 0 Å². The van der Waals surface area contributed by atoms with E-state index < -0.39 is 0 Å². The molecule has 2 N–H and O–H groups in total. The number of carbonyl (C=O) groups is 1. The first-order valence-corrected chi connectivity index (χ1v) is 5.42. The van der Waals surface area contributed by atoms with Crippen molar-refractivity contribution in [1.82, 2.24) is 5.32 Å². The molecule has 2 rings (SSSR count). The van der Waals surface area contributed by atoms with Crippen molar-refractivity contribution in [3.8, 4) is 5.75 Å². The minimum atomic E-state index is 0.0692. The van der Waals surface area contributed by atoms with Gasteiger partial charge in [-0.2, -0.15) is 0 Å². The maximum atomic E-state index is 11.6. The number of rotatable bonds is 4. The van der Waals surface area contributed by atoms with Gasteiger partial charge in [0.1, 0.15) is 5.75 Å². The molecule has 0 atom stereocenters. The molecule has 1 saturated heterocycles. The number of hydrogen-bond donors (Lipinski definition) is 2. The molecule has 0 radical (unpaired) electrons. The summed E-state index contributed by atoms with van der Waals surface area (Å²) >= 11 is 0. The normalized spacial score (nSPS) is 15.3. The van der Waals surface area contributed by atoms with Gasteiger partial charge in [0.2, 0.25) is 5.91 Å². The maximum Gasteiger partial charge on any atom is 0.224 e. The Morgan fingerprint density at radius 3 is 3.00 bits per heavy atom. The van der Waals surface area contributed by atoms with E-state index in [4.69, 9.17) is 4.74 Å². The van der Waals surface area contributed by atoms with Gasteiger partial charge < -0.3 is 15.4 Å². The van der Waals surface area contributed by atoms with Crippen LogP contribution in [-0.2, 0) is 4.79 Å². The summed E-state index contributed by atoms with van der Waals surface area (Å²) in [6.45, 7) is 1.90. The largest absolute Gasteiger partial charge is 0.497 e. The number of anilines is 1. The van der Waals surface area contributed by atoms with Gasteiger partial charge in [-0.3, -0.25) is 4.79 Å². The lowest BCUT2D eigenvalue weighted by atomic mass is 9.99. The number of nitrogens with one attached hydrogen (secondary N) is 2. The Morgan fingerprint density at radius 2 is 2.38 bits per heavy atom. The topological polar surface area (TPSA) is 50.4 Å². The van der Waals surface area contributed by atoms with Crippen LogP contribution in [0.25, 0.3) is 0 Å². The molecule has 0 aliphatic carbocycles. The monoisotopic (exact) mass is 220 g/mol. The van der Waals surface area contributed by atoms with E-state index in [0.29, 0.717) is 12.3 Å². The van der Waals surface area contributed by atoms with Gasteiger partial charge in [0.25, 0.3) is 0 Å². The van der Waals surface area contributed by atoms with Crippen LogP contribution >= 0.6 is 0 Å². The summed E-state index contributed by atoms with van der Waals surface area (Å²) in [6.07, 6.45) is 0.588. The van der Waals surface area contributed by atoms with Crippen molar-refractivity contribution in [2.24, 2.45) is 5.92 Å². The highest BCUT2D eigenvalue weighted by molar-refractivity contribution is 5.91. The van der Waals surface area contributed by atoms with E-state index in [1.54, 1.807) is 7.11 Å². The van der Waals surface area contributed by atoms with Crippen LogP contribution in [0.5, 0.6) is 5.75 Å². The third-order valence-electron chi connectivity index (χ3n) is 2.69. The van der Waals surface area contributed by atoms with E-state index in [0.717, 1.165) is 24.5 Å². The Kier molecular flexibility index (Phi) is 3.41. The van der Waals surface area contributed by atoms with Crippen molar-refractivity contribution in [3.05, 3.63) is 24.3 Å². The lowest BCUT2D eigenvalue weighted by Crippen LogP contribution is -2.43. The standard InChI is InChI=1S/C12H16N2O2/c1-16-11-4-2-3-10(6-11)14-12(15)5-9-7-13-8-9/h2-4,6,9,13H,5,7-8H2,1H3,(H,14,15). The number of hydrogen-bond acceptors (Lipinski definition) is 3. The van der Waals surface area contributed by atoms with E-state index in [-0.39, 0.29) is 5.91 Å². The van der Waals surface area contributed by atoms with E-state index in [2.05, 4.69) is 10.6 Å². The average Bonchev–Trinajstić information content (AvgIpc) is 2.24. The fourth-order valence-electron chi connectivity index (χ4n) is 1.67. The van der Waals surface area contributed by atoms with Crippen molar-refractivity contribution >= 4 is 11.6 Å². The predicted octanol–water partition coefficient (Wildman–Crippen LogP) is 1.24. The molecule has 86 valence electrons. The Balaban J connectivity index is 1.89. The zero-order valence-corrected chi connectivity index (χ0v) is 9.32. The van der Waals surface area contributed by atoms with Crippen LogP contribution < -0.4 is 15.4 Å². The molecule has 1 fully saturated rings. The number of methoxy groups -OCH3 is 1. The smallest absolute Gasteiger partial charge is 0.224 e. The molecular formula is C12H16N2O2. The van der Waals surface area contributed by atoms with Crippen LogP contribution in [0.15, 0.2) is 24.3 Å². The summed E-state index contributed by atoms with van der Waals surface area (Å²) in [7, 11) is 1.61. The Hall–Kier alpha value is -1.55. The molecule has 1 heterocycles. The molecule has 4 nitrogen and oxygen atoms in total. The first-order valence-electron chi connectivity index (χ1n) is 5.42. The summed E-state index contributed by atoms with van der Waals surface area (Å²) in [4.78, 5) is 11.6. The molecule has 0 bridgehead atoms. The Bertz CT molecular complexity index is 375. The molecule has 4 heteroatoms. The minimum absolute atomic E-state index is 0.0692. The molecule has 1 aromatic carbocycles. The van der Waals surface area contributed by atoms with E-state index in [9.17, 15) is 4.79 Å². The number of benzene rings is 1. The zero-order valence-electron chi connectivity index (χ0n) is 9.32. The van der Waals surface area contributed by atoms with Crippen molar-refractivity contribution in [2.45, 2.75) is 6.42 Å². The second-order valence-corrected chi connectivity index (χ2v) is 4.01. The van der Waals surface area contributed by atoms with Crippen LogP contribution in [0.2, 0.25) is 0 Å². The Morgan fingerprint density at radius 1 is 1.56 bits per heavy atom. The van der Waals surface area contributed by atoms with Gasteiger partial charge in [0.05, 0.1) is 7.11 Å². The third kappa shape index (κ3) is 2.73. The fourth-order valence-corrected chi connectivity index (χ4v) is 1.67. The van der Waals surface area contributed by atoms with Gasteiger partial charge in [-0.15, -0.1) is 0 Å². The van der Waals surface area contributed by atoms with Crippen LogP contribution in [-0.4, -0.2) is 26.1 Å². The number of amides is 1. The quantitative estimate of drug-likeness (QED) is 0.802. The summed E-state index contributed by atoms with van der Waals surface area (Å²) in [6, 6.07) is 7.39. The van der Waals surface area contributed by atoms with Crippen LogP contribution in [0, 0.1) is 5.92 Å². The third-order valence-corrected chi connectivity index (χ3v) is 2.69. The highest BCUT2D eigenvalue weighted by atomic mass is 16.5. The van der Waals surface area contributed by atoms with E-state index >= 15 is 0 Å². The predicted molar refractivity (Wildman–Crippen MR) is 62.6 cm³/mol. The van der Waals surface area contributed by atoms with Gasteiger partial charge >= 0.3 is 0 Å². The maximum absolute atomic E-state index is 11.6. The highest BCUT2D eigenvalue weighted by Crippen LogP contribution is 2.17. The molecule has 1 aromatic rings. The molecule has 16 heavy (non-hydrogen) atoms. The molecule has 1 amide bonds. The van der Waals surface area contributed by atoms with Crippen molar-refractivity contribution in [1.29, 1.82) is 0 Å². The minimum Gasteiger partial charge on any atom is -0.497 e. The summed E-state index contributed by atoms with van der Waals surface area (Å²) in [5.74, 6) is 1.31. The van der Waals surface area contributed by atoms with Crippen molar-refractivity contribution < 1.29 is 9.53 Å².